The predicted molar refractivity (Wildman–Crippen MR) is 111 cm³/mol. The fourth-order valence-electron chi connectivity index (χ4n) is 2.15. The molecule has 3 aromatic heterocycles. The molecule has 0 aliphatic rings. The standard InChI is InChI=1S/C17H19N5OS.HI/c1-18-17(20-9-7-13-5-2-3-8-19-13)21-11-14-12-23-16(22-14)15-6-4-10-24-15;/h2-6,8,10,12H,7,9,11H2,1H3,(H2,18,20,21);1H. The summed E-state index contributed by atoms with van der Waals surface area (Å²) in [6.07, 6.45) is 4.31. The van der Waals surface area contributed by atoms with Gasteiger partial charge in [-0.3, -0.25) is 9.98 Å². The number of oxazole rings is 1. The molecular formula is C17H20IN5OS. The highest BCUT2D eigenvalue weighted by atomic mass is 127. The third-order valence-electron chi connectivity index (χ3n) is 3.34. The molecule has 0 saturated heterocycles. The van der Waals surface area contributed by atoms with Crippen LogP contribution in [0.2, 0.25) is 0 Å². The summed E-state index contributed by atoms with van der Waals surface area (Å²) in [5.74, 6) is 1.38. The number of pyridine rings is 1. The molecule has 3 heterocycles. The first-order valence-electron chi connectivity index (χ1n) is 7.68. The molecule has 0 unspecified atom stereocenters. The van der Waals surface area contributed by atoms with Crippen molar-refractivity contribution in [2.45, 2.75) is 13.0 Å². The summed E-state index contributed by atoms with van der Waals surface area (Å²) in [5.41, 5.74) is 1.89. The lowest BCUT2D eigenvalue weighted by Crippen LogP contribution is -2.38. The molecule has 2 N–H and O–H groups in total. The lowest BCUT2D eigenvalue weighted by Gasteiger charge is -2.10. The molecule has 0 bridgehead atoms. The number of nitrogens with one attached hydrogen (secondary N) is 2. The first-order valence-corrected chi connectivity index (χ1v) is 8.56. The number of rotatable bonds is 6. The Kier molecular flexibility index (Phi) is 7.86. The van der Waals surface area contributed by atoms with E-state index in [0.717, 1.165) is 35.2 Å². The van der Waals surface area contributed by atoms with Crippen molar-refractivity contribution in [2.75, 3.05) is 13.6 Å². The van der Waals surface area contributed by atoms with E-state index in [0.29, 0.717) is 12.4 Å². The summed E-state index contributed by atoms with van der Waals surface area (Å²) in [5, 5.41) is 8.50. The van der Waals surface area contributed by atoms with Crippen molar-refractivity contribution in [2.24, 2.45) is 4.99 Å². The summed E-state index contributed by atoms with van der Waals surface area (Å²) in [7, 11) is 1.75. The van der Waals surface area contributed by atoms with Crippen molar-refractivity contribution < 1.29 is 4.42 Å². The number of thiophene rings is 1. The third kappa shape index (κ3) is 5.82. The Bertz CT molecular complexity index is 773. The number of hydrogen-bond donors (Lipinski definition) is 2. The Morgan fingerprint density at radius 2 is 2.12 bits per heavy atom. The maximum absolute atomic E-state index is 5.50. The molecule has 0 aliphatic heterocycles. The van der Waals surface area contributed by atoms with Gasteiger partial charge in [0.05, 0.1) is 17.1 Å². The summed E-state index contributed by atoms with van der Waals surface area (Å²) in [6, 6.07) is 9.89. The molecule has 0 aliphatic carbocycles. The maximum Gasteiger partial charge on any atom is 0.236 e. The number of aliphatic imine (C=N–C) groups is 1. The molecule has 0 spiro atoms. The maximum atomic E-state index is 5.50. The van der Waals surface area contributed by atoms with E-state index in [1.54, 1.807) is 30.8 Å². The van der Waals surface area contributed by atoms with Crippen LogP contribution < -0.4 is 10.6 Å². The Balaban J connectivity index is 0.00000225. The third-order valence-corrected chi connectivity index (χ3v) is 4.20. The van der Waals surface area contributed by atoms with Gasteiger partial charge in [0, 0.05) is 31.9 Å². The lowest BCUT2D eigenvalue weighted by molar-refractivity contribution is 0.573. The number of guanidine groups is 1. The molecule has 3 rings (SSSR count). The van der Waals surface area contributed by atoms with Crippen LogP contribution in [0.3, 0.4) is 0 Å². The highest BCUT2D eigenvalue weighted by Crippen LogP contribution is 2.23. The molecule has 0 saturated carbocycles. The lowest BCUT2D eigenvalue weighted by atomic mass is 10.3. The first-order chi connectivity index (χ1) is 11.8. The molecule has 0 aromatic carbocycles. The minimum Gasteiger partial charge on any atom is -0.443 e. The van der Waals surface area contributed by atoms with Crippen LogP contribution in [0.15, 0.2) is 57.6 Å². The molecule has 25 heavy (non-hydrogen) atoms. The minimum atomic E-state index is 0. The van der Waals surface area contributed by atoms with Crippen LogP contribution in [-0.2, 0) is 13.0 Å². The average Bonchev–Trinajstić information content (AvgIpc) is 3.30. The highest BCUT2D eigenvalue weighted by Gasteiger charge is 2.08. The topological polar surface area (TPSA) is 75.3 Å². The molecule has 0 radical (unpaired) electrons. The molecule has 6 nitrogen and oxygen atoms in total. The molecular weight excluding hydrogens is 449 g/mol. The van der Waals surface area contributed by atoms with Gasteiger partial charge in [0.25, 0.3) is 0 Å². The second-order valence-corrected chi connectivity index (χ2v) is 5.99. The Morgan fingerprint density at radius 3 is 2.84 bits per heavy atom. The van der Waals surface area contributed by atoms with E-state index in [1.807, 2.05) is 35.7 Å². The van der Waals surface area contributed by atoms with Crippen LogP contribution in [0, 0.1) is 0 Å². The molecule has 0 amide bonds. The van der Waals surface area contributed by atoms with Crippen molar-refractivity contribution in [1.29, 1.82) is 0 Å². The second-order valence-electron chi connectivity index (χ2n) is 5.04. The zero-order valence-electron chi connectivity index (χ0n) is 13.8. The Labute approximate surface area is 167 Å². The zero-order chi connectivity index (χ0) is 16.6. The Hall–Kier alpha value is -1.94. The second kappa shape index (κ2) is 10.1. The number of nitrogens with zero attached hydrogens (tertiary/aromatic N) is 3. The first kappa shape index (κ1) is 19.4. The van der Waals surface area contributed by atoms with E-state index in [2.05, 4.69) is 25.6 Å². The summed E-state index contributed by atoms with van der Waals surface area (Å²) in [6.45, 7) is 1.31. The van der Waals surface area contributed by atoms with Crippen LogP contribution in [0.1, 0.15) is 11.4 Å². The SMILES string of the molecule is CN=C(NCCc1ccccn1)NCc1coc(-c2cccs2)n1.I. The largest absolute Gasteiger partial charge is 0.443 e. The number of hydrogen-bond acceptors (Lipinski definition) is 5. The zero-order valence-corrected chi connectivity index (χ0v) is 17.0. The van der Waals surface area contributed by atoms with Crippen LogP contribution >= 0.6 is 35.3 Å². The Morgan fingerprint density at radius 1 is 1.20 bits per heavy atom. The normalized spacial score (nSPS) is 11.0. The number of halogens is 1. The van der Waals surface area contributed by atoms with Gasteiger partial charge in [0.2, 0.25) is 5.89 Å². The minimum absolute atomic E-state index is 0. The van der Waals surface area contributed by atoms with E-state index in [1.165, 1.54) is 0 Å². The van der Waals surface area contributed by atoms with Gasteiger partial charge in [0.1, 0.15) is 6.26 Å². The average molecular weight is 469 g/mol. The molecule has 132 valence electrons. The van der Waals surface area contributed by atoms with Crippen molar-refractivity contribution in [3.8, 4) is 10.8 Å². The monoisotopic (exact) mass is 469 g/mol. The van der Waals surface area contributed by atoms with Crippen molar-refractivity contribution >= 4 is 41.3 Å². The van der Waals surface area contributed by atoms with E-state index < -0.39 is 0 Å². The van der Waals surface area contributed by atoms with E-state index >= 15 is 0 Å². The van der Waals surface area contributed by atoms with Gasteiger partial charge < -0.3 is 15.1 Å². The quantitative estimate of drug-likeness (QED) is 0.329. The van der Waals surface area contributed by atoms with Crippen LogP contribution in [-0.4, -0.2) is 29.5 Å². The fourth-order valence-corrected chi connectivity index (χ4v) is 2.81. The van der Waals surface area contributed by atoms with Crippen molar-refractivity contribution in [3.63, 3.8) is 0 Å². The van der Waals surface area contributed by atoms with Gasteiger partial charge in [-0.2, -0.15) is 0 Å². The van der Waals surface area contributed by atoms with Crippen LogP contribution in [0.5, 0.6) is 0 Å². The van der Waals surface area contributed by atoms with Crippen molar-refractivity contribution in [3.05, 3.63) is 59.6 Å². The molecule has 3 aromatic rings. The van der Waals surface area contributed by atoms with E-state index in [9.17, 15) is 0 Å². The fraction of sp³-hybridized carbons (Fsp3) is 0.235. The van der Waals surface area contributed by atoms with Crippen molar-refractivity contribution in [1.82, 2.24) is 20.6 Å². The van der Waals surface area contributed by atoms with E-state index in [4.69, 9.17) is 4.42 Å². The molecule has 0 fully saturated rings. The highest BCUT2D eigenvalue weighted by molar-refractivity contribution is 14.0. The van der Waals surface area contributed by atoms with Crippen LogP contribution in [0.4, 0.5) is 0 Å². The van der Waals surface area contributed by atoms with Gasteiger partial charge in [-0.25, -0.2) is 4.98 Å². The van der Waals surface area contributed by atoms with E-state index in [-0.39, 0.29) is 24.0 Å². The van der Waals surface area contributed by atoms with Gasteiger partial charge in [-0.15, -0.1) is 35.3 Å². The van der Waals surface area contributed by atoms with Gasteiger partial charge >= 0.3 is 0 Å². The summed E-state index contributed by atoms with van der Waals surface area (Å²) in [4.78, 5) is 14.0. The van der Waals surface area contributed by atoms with Gasteiger partial charge in [-0.05, 0) is 23.6 Å². The smallest absolute Gasteiger partial charge is 0.236 e. The molecule has 8 heteroatoms. The van der Waals surface area contributed by atoms with Gasteiger partial charge in [-0.1, -0.05) is 12.1 Å². The summed E-state index contributed by atoms with van der Waals surface area (Å²) < 4.78 is 5.50. The molecule has 0 atom stereocenters. The number of aromatic nitrogens is 2. The van der Waals surface area contributed by atoms with Gasteiger partial charge in [0.15, 0.2) is 5.96 Å². The van der Waals surface area contributed by atoms with Crippen LogP contribution in [0.25, 0.3) is 10.8 Å². The summed E-state index contributed by atoms with van der Waals surface area (Å²) >= 11 is 1.61. The predicted octanol–water partition coefficient (Wildman–Crippen LogP) is 3.32.